The maximum atomic E-state index is 5.55. The van der Waals surface area contributed by atoms with Crippen LogP contribution in [0.1, 0.15) is 104 Å². The monoisotopic (exact) mass is 796 g/mol. The fourth-order valence-electron chi connectivity index (χ4n) is 9.82. The zero-order valence-electron chi connectivity index (χ0n) is 36.5. The molecule has 9 rings (SSSR count). The quantitative estimate of drug-likeness (QED) is 0.137. The van der Waals surface area contributed by atoms with Crippen molar-refractivity contribution in [3.63, 3.8) is 0 Å². The molecule has 0 fully saturated rings. The summed E-state index contributed by atoms with van der Waals surface area (Å²) in [6, 6.07) is 44.7. The Morgan fingerprint density at radius 2 is 0.623 bits per heavy atom. The lowest BCUT2D eigenvalue weighted by Crippen LogP contribution is -2.25. The molecule has 8 bridgehead atoms. The predicted octanol–water partition coefficient (Wildman–Crippen LogP) is 15.9. The number of fused-ring (bicyclic) bond motifs is 8. The largest absolute Gasteiger partial charge is 0.354 e. The van der Waals surface area contributed by atoms with Crippen LogP contribution in [0.4, 0.5) is 0 Å². The van der Waals surface area contributed by atoms with Crippen LogP contribution >= 0.6 is 0 Å². The van der Waals surface area contributed by atoms with Crippen LogP contribution in [0.25, 0.3) is 90.9 Å². The van der Waals surface area contributed by atoms with Gasteiger partial charge in [0.05, 0.1) is 22.8 Å². The first kappa shape index (κ1) is 39.9. The smallest absolute Gasteiger partial charge is 0.0737 e. The molecule has 3 aromatic heterocycles. The molecule has 0 atom stereocenters. The summed E-state index contributed by atoms with van der Waals surface area (Å²) in [7, 11) is 0. The molecule has 4 heteroatoms. The SMILES string of the molecule is CCCC(CCC)(CCC)c1ccc(-c2c3nc(c(-c4ccc(C)cc4)c4ccc([nH]4)c(-c4ccc(C)cc4)c4nc(c(-c5ccc(C)cc5)c5ccc2[nH]5)C=C4)C=C3)cc1. The lowest BCUT2D eigenvalue weighted by atomic mass is 9.70. The summed E-state index contributed by atoms with van der Waals surface area (Å²) in [6.07, 6.45) is 15.9. The van der Waals surface area contributed by atoms with Crippen LogP contribution in [0.5, 0.6) is 0 Å². The second-order valence-electron chi connectivity index (χ2n) is 17.2. The number of aryl methyl sites for hydroxylation is 3. The van der Waals surface area contributed by atoms with Crippen molar-refractivity contribution in [1.29, 1.82) is 0 Å². The van der Waals surface area contributed by atoms with E-state index in [-0.39, 0.29) is 5.41 Å². The highest BCUT2D eigenvalue weighted by Crippen LogP contribution is 2.42. The molecule has 2 aliphatic rings. The third-order valence-electron chi connectivity index (χ3n) is 12.7. The third-order valence-corrected chi connectivity index (χ3v) is 12.7. The Labute approximate surface area is 361 Å². The van der Waals surface area contributed by atoms with Crippen LogP contribution in [0.2, 0.25) is 0 Å². The van der Waals surface area contributed by atoms with E-state index in [0.29, 0.717) is 0 Å². The average molecular weight is 797 g/mol. The van der Waals surface area contributed by atoms with Crippen molar-refractivity contribution in [3.8, 4) is 44.5 Å². The predicted molar refractivity (Wildman–Crippen MR) is 261 cm³/mol. The van der Waals surface area contributed by atoms with Crippen LogP contribution in [0.15, 0.2) is 121 Å². The van der Waals surface area contributed by atoms with E-state index in [9.17, 15) is 0 Å². The van der Waals surface area contributed by atoms with Gasteiger partial charge in [-0.15, -0.1) is 0 Å². The molecule has 0 saturated carbocycles. The van der Waals surface area contributed by atoms with Crippen molar-refractivity contribution in [3.05, 3.63) is 166 Å². The fourth-order valence-corrected chi connectivity index (χ4v) is 9.82. The second kappa shape index (κ2) is 16.9. The van der Waals surface area contributed by atoms with Gasteiger partial charge in [0, 0.05) is 44.3 Å². The second-order valence-corrected chi connectivity index (χ2v) is 17.2. The first-order chi connectivity index (χ1) is 29.8. The Balaban J connectivity index is 1.39. The van der Waals surface area contributed by atoms with Crippen LogP contribution in [-0.2, 0) is 5.41 Å². The summed E-state index contributed by atoms with van der Waals surface area (Å²) in [6.45, 7) is 13.4. The molecular formula is C57H56N4. The van der Waals surface area contributed by atoms with Gasteiger partial charge in [-0.05, 0) is 122 Å². The molecule has 304 valence electrons. The summed E-state index contributed by atoms with van der Waals surface area (Å²) in [5.74, 6) is 0. The Kier molecular flexibility index (Phi) is 11.0. The summed E-state index contributed by atoms with van der Waals surface area (Å²) >= 11 is 0. The molecule has 0 spiro atoms. The number of nitrogens with zero attached hydrogens (tertiary/aromatic N) is 2. The van der Waals surface area contributed by atoms with E-state index in [2.05, 4.69) is 197 Å². The van der Waals surface area contributed by atoms with Crippen LogP contribution < -0.4 is 0 Å². The molecule has 7 aromatic rings. The number of hydrogen-bond donors (Lipinski definition) is 2. The summed E-state index contributed by atoms with van der Waals surface area (Å²) in [4.78, 5) is 18.9. The molecule has 5 heterocycles. The third kappa shape index (κ3) is 7.72. The lowest BCUT2D eigenvalue weighted by Gasteiger charge is -2.34. The van der Waals surface area contributed by atoms with E-state index in [1.54, 1.807) is 0 Å². The van der Waals surface area contributed by atoms with E-state index < -0.39 is 0 Å². The highest BCUT2D eigenvalue weighted by Gasteiger charge is 2.30. The number of benzene rings is 4. The number of rotatable bonds is 11. The first-order valence-corrected chi connectivity index (χ1v) is 22.3. The van der Waals surface area contributed by atoms with Crippen molar-refractivity contribution in [2.75, 3.05) is 0 Å². The minimum atomic E-state index is 0.195. The molecule has 61 heavy (non-hydrogen) atoms. The molecule has 0 amide bonds. The lowest BCUT2D eigenvalue weighted by molar-refractivity contribution is 0.327. The van der Waals surface area contributed by atoms with Crippen molar-refractivity contribution >= 4 is 46.4 Å². The van der Waals surface area contributed by atoms with Crippen LogP contribution in [-0.4, -0.2) is 19.9 Å². The highest BCUT2D eigenvalue weighted by atomic mass is 14.8. The maximum absolute atomic E-state index is 5.55. The molecule has 0 aliphatic carbocycles. The molecule has 2 N–H and O–H groups in total. The van der Waals surface area contributed by atoms with Crippen LogP contribution in [0, 0.1) is 20.8 Å². The van der Waals surface area contributed by atoms with Crippen LogP contribution in [0.3, 0.4) is 0 Å². The number of nitrogens with one attached hydrogen (secondary N) is 2. The van der Waals surface area contributed by atoms with Gasteiger partial charge < -0.3 is 9.97 Å². The van der Waals surface area contributed by atoms with Gasteiger partial charge in [0.2, 0.25) is 0 Å². The Hall–Kier alpha value is -6.52. The van der Waals surface area contributed by atoms with Gasteiger partial charge >= 0.3 is 0 Å². The number of hydrogen-bond acceptors (Lipinski definition) is 2. The van der Waals surface area contributed by atoms with E-state index in [0.717, 1.165) is 89.4 Å². The molecule has 0 radical (unpaired) electrons. The van der Waals surface area contributed by atoms with E-state index in [1.165, 1.54) is 60.8 Å². The summed E-state index contributed by atoms with van der Waals surface area (Å²) < 4.78 is 0. The summed E-state index contributed by atoms with van der Waals surface area (Å²) in [5.41, 5.74) is 21.7. The minimum Gasteiger partial charge on any atom is -0.354 e. The molecule has 2 aliphatic heterocycles. The number of aromatic nitrogens is 4. The standard InChI is InChI=1S/C57H56N4/c1-7-34-57(35-8-2,36-9-3)44-24-22-43(23-25-44)56-51-32-30-49(60-51)54(41-18-12-38(5)13-19-41)47-28-26-45(58-47)53(40-16-10-37(4)11-17-40)46-27-29-48(59-46)55(50-31-33-52(56)61-50)42-20-14-39(6)15-21-42/h10-33,58,61H,7-9,34-36H2,1-6H3. The van der Waals surface area contributed by atoms with Crippen molar-refractivity contribution in [1.82, 2.24) is 19.9 Å². The van der Waals surface area contributed by atoms with Gasteiger partial charge in [0.15, 0.2) is 0 Å². The molecule has 0 saturated heterocycles. The Morgan fingerprint density at radius 3 is 0.885 bits per heavy atom. The van der Waals surface area contributed by atoms with E-state index >= 15 is 0 Å². The van der Waals surface area contributed by atoms with Crippen molar-refractivity contribution < 1.29 is 0 Å². The van der Waals surface area contributed by atoms with E-state index in [4.69, 9.17) is 9.97 Å². The van der Waals surface area contributed by atoms with E-state index in [1.807, 2.05) is 0 Å². The van der Waals surface area contributed by atoms with Crippen molar-refractivity contribution in [2.45, 2.75) is 85.5 Å². The van der Waals surface area contributed by atoms with Gasteiger partial charge in [-0.2, -0.15) is 0 Å². The van der Waals surface area contributed by atoms with Gasteiger partial charge in [0.25, 0.3) is 0 Å². The summed E-state index contributed by atoms with van der Waals surface area (Å²) in [5, 5.41) is 0. The normalized spacial score (nSPS) is 12.4. The highest BCUT2D eigenvalue weighted by molar-refractivity contribution is 5.99. The van der Waals surface area contributed by atoms with Gasteiger partial charge in [-0.25, -0.2) is 9.97 Å². The zero-order valence-corrected chi connectivity index (χ0v) is 36.5. The molecule has 4 aromatic carbocycles. The van der Waals surface area contributed by atoms with Crippen molar-refractivity contribution in [2.24, 2.45) is 0 Å². The number of aromatic amines is 2. The Morgan fingerprint density at radius 1 is 0.361 bits per heavy atom. The molecular weight excluding hydrogens is 741 g/mol. The first-order valence-electron chi connectivity index (χ1n) is 22.3. The number of H-pyrrole nitrogens is 2. The average Bonchev–Trinajstić information content (AvgIpc) is 4.12. The molecule has 0 unspecified atom stereocenters. The fraction of sp³-hybridized carbons (Fsp3) is 0.228. The van der Waals surface area contributed by atoms with Gasteiger partial charge in [-0.1, -0.05) is 154 Å². The Bertz CT molecular complexity index is 2880. The molecule has 4 nitrogen and oxygen atoms in total. The maximum Gasteiger partial charge on any atom is 0.0737 e. The van der Waals surface area contributed by atoms with Gasteiger partial charge in [-0.3, -0.25) is 0 Å². The topological polar surface area (TPSA) is 57.4 Å². The zero-order chi connectivity index (χ0) is 42.1. The van der Waals surface area contributed by atoms with Gasteiger partial charge in [0.1, 0.15) is 0 Å². The minimum absolute atomic E-state index is 0.195.